The Balaban J connectivity index is 1.55. The lowest BCUT2D eigenvalue weighted by molar-refractivity contribution is -0.116. The van der Waals surface area contributed by atoms with Gasteiger partial charge in [0.25, 0.3) is 5.56 Å². The molecule has 4 aromatic rings. The predicted molar refractivity (Wildman–Crippen MR) is 130 cm³/mol. The minimum Gasteiger partial charge on any atom is -0.486 e. The summed E-state index contributed by atoms with van der Waals surface area (Å²) in [7, 11) is 0. The van der Waals surface area contributed by atoms with E-state index in [1.54, 1.807) is 28.9 Å². The summed E-state index contributed by atoms with van der Waals surface area (Å²) in [4.78, 5) is 26.2. The number of nitrogens with zero attached hydrogens (tertiary/aromatic N) is 3. The van der Waals surface area contributed by atoms with Crippen LogP contribution in [0.2, 0.25) is 0 Å². The Hall–Kier alpha value is -4.07. The lowest BCUT2D eigenvalue weighted by Gasteiger charge is -2.19. The number of aromatic nitrogens is 3. The molecule has 1 amide bonds. The van der Waals surface area contributed by atoms with Crippen LogP contribution in [0.4, 0.5) is 5.69 Å². The van der Waals surface area contributed by atoms with Gasteiger partial charge in [0.05, 0.1) is 11.4 Å². The molecule has 0 bridgehead atoms. The van der Waals surface area contributed by atoms with Crippen LogP contribution in [0, 0.1) is 13.8 Å². The van der Waals surface area contributed by atoms with Crippen molar-refractivity contribution < 1.29 is 14.3 Å². The molecule has 2 aromatic carbocycles. The van der Waals surface area contributed by atoms with E-state index in [1.807, 2.05) is 45.0 Å². The maximum atomic E-state index is 13.1. The molecule has 2 aromatic heterocycles. The SMILES string of the molecule is CCc1cc(=O)n(CC(=O)Nc2ccc3c(c2)OCCO3)c2c1c(C)nn2-c1ccc(C)cc1. The van der Waals surface area contributed by atoms with Crippen LogP contribution >= 0.6 is 0 Å². The van der Waals surface area contributed by atoms with Gasteiger partial charge in [0, 0.05) is 23.2 Å². The predicted octanol–water partition coefficient (Wildman–Crippen LogP) is 3.78. The van der Waals surface area contributed by atoms with Gasteiger partial charge in [-0.2, -0.15) is 5.10 Å². The number of pyridine rings is 1. The molecule has 5 rings (SSSR count). The van der Waals surface area contributed by atoms with Gasteiger partial charge in [-0.05, 0) is 50.1 Å². The Labute approximate surface area is 196 Å². The van der Waals surface area contributed by atoms with Crippen molar-refractivity contribution in [1.29, 1.82) is 0 Å². The van der Waals surface area contributed by atoms with Gasteiger partial charge in [-0.3, -0.25) is 14.2 Å². The van der Waals surface area contributed by atoms with E-state index in [1.165, 1.54) is 4.57 Å². The number of ether oxygens (including phenoxy) is 2. The Morgan fingerprint density at radius 3 is 2.50 bits per heavy atom. The van der Waals surface area contributed by atoms with E-state index in [4.69, 9.17) is 14.6 Å². The first-order valence-corrected chi connectivity index (χ1v) is 11.3. The number of hydrogen-bond donors (Lipinski definition) is 1. The number of carbonyl (C=O) groups excluding carboxylic acids is 1. The molecule has 0 radical (unpaired) electrons. The Bertz CT molecular complexity index is 1450. The number of anilines is 1. The summed E-state index contributed by atoms with van der Waals surface area (Å²) >= 11 is 0. The van der Waals surface area contributed by atoms with Crippen molar-refractivity contribution in [3.8, 4) is 17.2 Å². The molecule has 1 aliphatic rings. The fourth-order valence-electron chi connectivity index (χ4n) is 4.31. The first-order valence-electron chi connectivity index (χ1n) is 11.3. The minimum absolute atomic E-state index is 0.148. The van der Waals surface area contributed by atoms with Gasteiger partial charge in [0.1, 0.15) is 25.4 Å². The molecule has 0 atom stereocenters. The standard InChI is InChI=1S/C26H26N4O4/c1-4-18-13-24(32)29(15-23(31)27-19-7-10-21-22(14-19)34-12-11-33-21)26-25(18)17(3)28-30(26)20-8-5-16(2)6-9-20/h5-10,13-14H,4,11-12,15H2,1-3H3,(H,27,31). The summed E-state index contributed by atoms with van der Waals surface area (Å²) < 4.78 is 14.4. The zero-order chi connectivity index (χ0) is 23.8. The molecular weight excluding hydrogens is 432 g/mol. The highest BCUT2D eigenvalue weighted by molar-refractivity contribution is 5.92. The molecule has 0 spiro atoms. The Morgan fingerprint density at radius 2 is 1.76 bits per heavy atom. The molecule has 8 nitrogen and oxygen atoms in total. The quantitative estimate of drug-likeness (QED) is 0.492. The summed E-state index contributed by atoms with van der Waals surface area (Å²) in [6.07, 6.45) is 0.691. The lowest BCUT2D eigenvalue weighted by atomic mass is 10.1. The van der Waals surface area contributed by atoms with Crippen molar-refractivity contribution in [1.82, 2.24) is 14.3 Å². The molecule has 3 heterocycles. The average molecular weight is 459 g/mol. The van der Waals surface area contributed by atoms with Crippen molar-refractivity contribution in [2.45, 2.75) is 33.7 Å². The number of carbonyl (C=O) groups is 1. The Kier molecular flexibility index (Phi) is 5.57. The smallest absolute Gasteiger partial charge is 0.252 e. The van der Waals surface area contributed by atoms with E-state index in [-0.39, 0.29) is 18.0 Å². The minimum atomic E-state index is -0.321. The maximum absolute atomic E-state index is 13.1. The van der Waals surface area contributed by atoms with Gasteiger partial charge in [0.15, 0.2) is 11.5 Å². The molecule has 0 unspecified atom stereocenters. The highest BCUT2D eigenvalue weighted by Gasteiger charge is 2.20. The van der Waals surface area contributed by atoms with E-state index in [9.17, 15) is 9.59 Å². The van der Waals surface area contributed by atoms with Crippen molar-refractivity contribution in [2.24, 2.45) is 0 Å². The van der Waals surface area contributed by atoms with E-state index in [2.05, 4.69) is 5.32 Å². The first-order chi connectivity index (χ1) is 16.4. The van der Waals surface area contributed by atoms with Crippen LogP contribution in [-0.2, 0) is 17.8 Å². The molecule has 174 valence electrons. The Morgan fingerprint density at radius 1 is 1.03 bits per heavy atom. The van der Waals surface area contributed by atoms with E-state index >= 15 is 0 Å². The van der Waals surface area contributed by atoms with Gasteiger partial charge in [-0.1, -0.05) is 24.6 Å². The largest absolute Gasteiger partial charge is 0.486 e. The average Bonchev–Trinajstić information content (AvgIpc) is 3.18. The summed E-state index contributed by atoms with van der Waals surface area (Å²) in [6, 6.07) is 14.8. The number of aryl methyl sites for hydroxylation is 3. The van der Waals surface area contributed by atoms with Crippen LogP contribution in [0.15, 0.2) is 53.3 Å². The molecule has 0 fully saturated rings. The van der Waals surface area contributed by atoms with Crippen molar-refractivity contribution in [3.05, 3.63) is 75.7 Å². The van der Waals surface area contributed by atoms with Gasteiger partial charge < -0.3 is 14.8 Å². The third-order valence-corrected chi connectivity index (χ3v) is 5.96. The van der Waals surface area contributed by atoms with Crippen LogP contribution in [0.25, 0.3) is 16.7 Å². The lowest BCUT2D eigenvalue weighted by Crippen LogP contribution is -2.29. The number of rotatable bonds is 5. The van der Waals surface area contributed by atoms with Crippen LogP contribution in [-0.4, -0.2) is 33.5 Å². The third-order valence-electron chi connectivity index (χ3n) is 5.96. The molecular formula is C26H26N4O4. The summed E-state index contributed by atoms with van der Waals surface area (Å²) in [5, 5.41) is 8.50. The highest BCUT2D eigenvalue weighted by atomic mass is 16.6. The fraction of sp³-hybridized carbons (Fsp3) is 0.269. The molecule has 8 heteroatoms. The van der Waals surface area contributed by atoms with Crippen LogP contribution in [0.1, 0.15) is 23.7 Å². The topological polar surface area (TPSA) is 87.4 Å². The van der Waals surface area contributed by atoms with E-state index < -0.39 is 0 Å². The van der Waals surface area contributed by atoms with Crippen LogP contribution < -0.4 is 20.3 Å². The van der Waals surface area contributed by atoms with E-state index in [0.29, 0.717) is 42.5 Å². The number of hydrogen-bond acceptors (Lipinski definition) is 5. The summed E-state index contributed by atoms with van der Waals surface area (Å²) in [5.41, 5.74) is 4.64. The van der Waals surface area contributed by atoms with Gasteiger partial charge in [-0.25, -0.2) is 4.68 Å². The fourth-order valence-corrected chi connectivity index (χ4v) is 4.31. The molecule has 34 heavy (non-hydrogen) atoms. The van der Waals surface area contributed by atoms with Crippen molar-refractivity contribution in [3.63, 3.8) is 0 Å². The van der Waals surface area contributed by atoms with Gasteiger partial charge in [-0.15, -0.1) is 0 Å². The van der Waals surface area contributed by atoms with Crippen LogP contribution in [0.3, 0.4) is 0 Å². The number of benzene rings is 2. The van der Waals surface area contributed by atoms with Crippen LogP contribution in [0.5, 0.6) is 11.5 Å². The third kappa shape index (κ3) is 3.91. The number of nitrogens with one attached hydrogen (secondary N) is 1. The second-order valence-electron chi connectivity index (χ2n) is 8.39. The zero-order valence-electron chi connectivity index (χ0n) is 19.4. The second kappa shape index (κ2) is 8.70. The zero-order valence-corrected chi connectivity index (χ0v) is 19.4. The highest BCUT2D eigenvalue weighted by Crippen LogP contribution is 2.32. The molecule has 0 aliphatic carbocycles. The van der Waals surface area contributed by atoms with Crippen molar-refractivity contribution in [2.75, 3.05) is 18.5 Å². The number of amides is 1. The first kappa shape index (κ1) is 21.8. The summed E-state index contributed by atoms with van der Waals surface area (Å²) in [6.45, 7) is 6.77. The van der Waals surface area contributed by atoms with Gasteiger partial charge >= 0.3 is 0 Å². The van der Waals surface area contributed by atoms with E-state index in [0.717, 1.165) is 27.9 Å². The van der Waals surface area contributed by atoms with Gasteiger partial charge in [0.2, 0.25) is 5.91 Å². The maximum Gasteiger partial charge on any atom is 0.252 e. The molecule has 1 aliphatic heterocycles. The molecule has 0 saturated heterocycles. The second-order valence-corrected chi connectivity index (χ2v) is 8.39. The number of fused-ring (bicyclic) bond motifs is 2. The van der Waals surface area contributed by atoms with Crippen molar-refractivity contribution >= 4 is 22.6 Å². The normalized spacial score (nSPS) is 12.7. The monoisotopic (exact) mass is 458 g/mol. The summed E-state index contributed by atoms with van der Waals surface area (Å²) in [5.74, 6) is 0.914. The molecule has 0 saturated carbocycles. The molecule has 1 N–H and O–H groups in total.